The van der Waals surface area contributed by atoms with Crippen LogP contribution in [-0.4, -0.2) is 29.7 Å². The Morgan fingerprint density at radius 3 is 2.73 bits per heavy atom. The molecule has 0 aromatic carbocycles. The second kappa shape index (κ2) is 7.25. The number of ketones is 1. The number of ether oxygens (including phenoxy) is 1. The Bertz CT molecular complexity index is 440. The largest absolute Gasteiger partial charge is 0.457 e. The van der Waals surface area contributed by atoms with Gasteiger partial charge >= 0.3 is 5.97 Å². The summed E-state index contributed by atoms with van der Waals surface area (Å²) < 4.78 is 5.82. The van der Waals surface area contributed by atoms with Gasteiger partial charge < -0.3 is 9.57 Å². The molecule has 1 saturated carbocycles. The molecule has 5 nitrogen and oxygen atoms in total. The topological polar surface area (TPSA) is 65.0 Å². The van der Waals surface area contributed by atoms with E-state index in [9.17, 15) is 9.59 Å². The molecule has 1 heterocycles. The van der Waals surface area contributed by atoms with Gasteiger partial charge in [-0.3, -0.25) is 9.59 Å². The predicted octanol–water partition coefficient (Wildman–Crippen LogP) is 3.26. The van der Waals surface area contributed by atoms with Gasteiger partial charge in [0.25, 0.3) is 0 Å². The van der Waals surface area contributed by atoms with Crippen LogP contribution in [0.3, 0.4) is 0 Å². The van der Waals surface area contributed by atoms with Gasteiger partial charge in [-0.15, -0.1) is 0 Å². The van der Waals surface area contributed by atoms with Crippen LogP contribution in [-0.2, 0) is 19.2 Å². The quantitative estimate of drug-likeness (QED) is 0.338. The minimum absolute atomic E-state index is 0.0584. The van der Waals surface area contributed by atoms with Crippen molar-refractivity contribution in [3.05, 3.63) is 0 Å². The van der Waals surface area contributed by atoms with Gasteiger partial charge in [0, 0.05) is 6.42 Å². The van der Waals surface area contributed by atoms with Gasteiger partial charge in [-0.1, -0.05) is 31.8 Å². The standard InChI is InChI=1S/C17H27NO4/c1-4-8-13(18-21-5-2)15-14(19)11-17(22-16(15)20)10-7-6-9-12(17)3/h12,15H,4-11H2,1-3H3/b18-13-. The number of esters is 1. The molecule has 2 fully saturated rings. The van der Waals surface area contributed by atoms with Crippen molar-refractivity contribution in [1.82, 2.24) is 0 Å². The zero-order valence-corrected chi connectivity index (χ0v) is 13.9. The summed E-state index contributed by atoms with van der Waals surface area (Å²) in [6.45, 7) is 6.32. The summed E-state index contributed by atoms with van der Waals surface area (Å²) in [6.07, 6.45) is 5.68. The van der Waals surface area contributed by atoms with Crippen molar-refractivity contribution in [2.24, 2.45) is 17.0 Å². The monoisotopic (exact) mass is 309 g/mol. The maximum atomic E-state index is 12.7. The highest BCUT2D eigenvalue weighted by atomic mass is 16.6. The van der Waals surface area contributed by atoms with E-state index < -0.39 is 17.5 Å². The Morgan fingerprint density at radius 1 is 1.36 bits per heavy atom. The van der Waals surface area contributed by atoms with Gasteiger partial charge in [0.2, 0.25) is 0 Å². The molecule has 0 bridgehead atoms. The lowest BCUT2D eigenvalue weighted by molar-refractivity contribution is -0.184. The third-order valence-electron chi connectivity index (χ3n) is 4.87. The fraction of sp³-hybridized carbons (Fsp3) is 0.824. The van der Waals surface area contributed by atoms with E-state index in [1.807, 2.05) is 13.8 Å². The van der Waals surface area contributed by atoms with Crippen molar-refractivity contribution in [2.75, 3.05) is 6.61 Å². The normalized spacial score (nSPS) is 33.0. The van der Waals surface area contributed by atoms with Gasteiger partial charge in [-0.05, 0) is 38.5 Å². The molecule has 3 atom stereocenters. The molecule has 0 aromatic heterocycles. The van der Waals surface area contributed by atoms with Crippen LogP contribution >= 0.6 is 0 Å². The molecular formula is C17H27NO4. The van der Waals surface area contributed by atoms with Crippen LogP contribution in [0, 0.1) is 11.8 Å². The number of rotatable bonds is 5. The first-order chi connectivity index (χ1) is 10.5. The Hall–Kier alpha value is -1.39. The summed E-state index contributed by atoms with van der Waals surface area (Å²) in [5, 5.41) is 4.00. The fourth-order valence-corrected chi connectivity index (χ4v) is 3.59. The van der Waals surface area contributed by atoms with E-state index in [4.69, 9.17) is 9.57 Å². The third-order valence-corrected chi connectivity index (χ3v) is 4.87. The van der Waals surface area contributed by atoms with Crippen LogP contribution in [0.1, 0.15) is 65.7 Å². The summed E-state index contributed by atoms with van der Waals surface area (Å²) in [7, 11) is 0. The lowest BCUT2D eigenvalue weighted by Crippen LogP contribution is -2.54. The zero-order chi connectivity index (χ0) is 16.2. The summed E-state index contributed by atoms with van der Waals surface area (Å²) in [4.78, 5) is 30.3. The number of oxime groups is 1. The molecule has 0 N–H and O–H groups in total. The third kappa shape index (κ3) is 3.33. The molecule has 124 valence electrons. The molecule has 1 aliphatic heterocycles. The van der Waals surface area contributed by atoms with Crippen molar-refractivity contribution in [3.8, 4) is 0 Å². The first kappa shape index (κ1) is 17.0. The lowest BCUT2D eigenvalue weighted by atomic mass is 9.70. The Kier molecular flexibility index (Phi) is 5.59. The predicted molar refractivity (Wildman–Crippen MR) is 83.5 cm³/mol. The second-order valence-corrected chi connectivity index (χ2v) is 6.46. The van der Waals surface area contributed by atoms with Crippen molar-refractivity contribution in [3.63, 3.8) is 0 Å². The van der Waals surface area contributed by atoms with Crippen LogP contribution in [0.2, 0.25) is 0 Å². The Labute approximate surface area is 132 Å². The van der Waals surface area contributed by atoms with Crippen LogP contribution in [0.15, 0.2) is 5.16 Å². The highest BCUT2D eigenvalue weighted by Crippen LogP contribution is 2.43. The maximum absolute atomic E-state index is 12.7. The minimum Gasteiger partial charge on any atom is -0.457 e. The van der Waals surface area contributed by atoms with Crippen LogP contribution in [0.4, 0.5) is 0 Å². The van der Waals surface area contributed by atoms with Crippen LogP contribution < -0.4 is 0 Å². The lowest BCUT2D eigenvalue weighted by Gasteiger charge is -2.45. The van der Waals surface area contributed by atoms with Crippen molar-refractivity contribution in [1.29, 1.82) is 0 Å². The Morgan fingerprint density at radius 2 is 2.14 bits per heavy atom. The van der Waals surface area contributed by atoms with E-state index in [1.54, 1.807) is 0 Å². The van der Waals surface area contributed by atoms with Crippen LogP contribution in [0.5, 0.6) is 0 Å². The smallest absolute Gasteiger partial charge is 0.323 e. The Balaban J connectivity index is 2.19. The molecule has 1 aliphatic carbocycles. The van der Waals surface area contributed by atoms with Gasteiger partial charge in [-0.25, -0.2) is 0 Å². The molecule has 1 spiro atoms. The first-order valence-corrected chi connectivity index (χ1v) is 8.48. The summed E-state index contributed by atoms with van der Waals surface area (Å²) in [5.41, 5.74) is -0.0658. The van der Waals surface area contributed by atoms with Crippen molar-refractivity contribution in [2.45, 2.75) is 71.3 Å². The number of carbonyl (C=O) groups excluding carboxylic acids is 2. The molecule has 0 radical (unpaired) electrons. The zero-order valence-electron chi connectivity index (χ0n) is 13.9. The molecule has 3 unspecified atom stereocenters. The summed E-state index contributed by atoms with van der Waals surface area (Å²) >= 11 is 0. The van der Waals surface area contributed by atoms with Gasteiger partial charge in [0.1, 0.15) is 12.2 Å². The number of hydrogen-bond acceptors (Lipinski definition) is 5. The number of hydrogen-bond donors (Lipinski definition) is 0. The average molecular weight is 309 g/mol. The first-order valence-electron chi connectivity index (χ1n) is 8.48. The van der Waals surface area contributed by atoms with E-state index in [-0.39, 0.29) is 11.7 Å². The van der Waals surface area contributed by atoms with E-state index >= 15 is 0 Å². The van der Waals surface area contributed by atoms with E-state index in [1.165, 1.54) is 0 Å². The molecule has 22 heavy (non-hydrogen) atoms. The van der Waals surface area contributed by atoms with E-state index in [0.29, 0.717) is 25.2 Å². The van der Waals surface area contributed by atoms with E-state index in [0.717, 1.165) is 32.1 Å². The molecule has 0 amide bonds. The van der Waals surface area contributed by atoms with Crippen molar-refractivity contribution >= 4 is 17.5 Å². The van der Waals surface area contributed by atoms with E-state index in [2.05, 4.69) is 12.1 Å². The maximum Gasteiger partial charge on any atom is 0.323 e. The average Bonchev–Trinajstić information content (AvgIpc) is 2.47. The van der Waals surface area contributed by atoms with Crippen molar-refractivity contribution < 1.29 is 19.2 Å². The highest BCUT2D eigenvalue weighted by Gasteiger charge is 2.51. The fourth-order valence-electron chi connectivity index (χ4n) is 3.59. The molecule has 2 rings (SSSR count). The number of nitrogens with zero attached hydrogens (tertiary/aromatic N) is 1. The SMILES string of the molecule is CCC/C(=N/OCC)C1C(=O)CC2(CCCCC2C)OC1=O. The number of carbonyl (C=O) groups is 2. The molecule has 2 aliphatic rings. The summed E-state index contributed by atoms with van der Waals surface area (Å²) in [6, 6.07) is 0. The van der Waals surface area contributed by atoms with Gasteiger partial charge in [-0.2, -0.15) is 0 Å². The highest BCUT2D eigenvalue weighted by molar-refractivity contribution is 6.20. The molecule has 5 heteroatoms. The summed E-state index contributed by atoms with van der Waals surface area (Å²) in [5.74, 6) is -1.12. The minimum atomic E-state index is -0.869. The molecule has 1 saturated heterocycles. The molecular weight excluding hydrogens is 282 g/mol. The number of Topliss-reactive ketones (excluding diaryl/α,β-unsaturated/α-hetero) is 1. The van der Waals surface area contributed by atoms with Gasteiger partial charge in [0.15, 0.2) is 11.7 Å². The second-order valence-electron chi connectivity index (χ2n) is 6.46. The van der Waals surface area contributed by atoms with Crippen LogP contribution in [0.25, 0.3) is 0 Å². The molecule has 0 aromatic rings. The van der Waals surface area contributed by atoms with Gasteiger partial charge in [0.05, 0.1) is 5.71 Å².